The molecule has 21 heavy (non-hydrogen) atoms. The Hall–Kier alpha value is -3.22. The quantitative estimate of drug-likeness (QED) is 0.584. The van der Waals surface area contributed by atoms with Crippen molar-refractivity contribution in [1.29, 1.82) is 0 Å². The summed E-state index contributed by atoms with van der Waals surface area (Å²) in [6, 6.07) is 5.26. The molecule has 0 atom stereocenters. The Labute approximate surface area is 117 Å². The molecule has 4 rings (SSSR count). The van der Waals surface area contributed by atoms with Gasteiger partial charge in [-0.15, -0.1) is 0 Å². The molecule has 4 aromatic heterocycles. The van der Waals surface area contributed by atoms with Gasteiger partial charge in [0.2, 0.25) is 0 Å². The van der Waals surface area contributed by atoms with E-state index in [-0.39, 0.29) is 5.69 Å². The summed E-state index contributed by atoms with van der Waals surface area (Å²) >= 11 is 0. The van der Waals surface area contributed by atoms with Gasteiger partial charge in [-0.3, -0.25) is 0 Å². The first-order valence-electron chi connectivity index (χ1n) is 6.23. The van der Waals surface area contributed by atoms with Gasteiger partial charge in [0.15, 0.2) is 11.3 Å². The number of carboxylic acid groups (broad SMARTS) is 1. The van der Waals surface area contributed by atoms with E-state index in [1.165, 1.54) is 10.6 Å². The number of carboxylic acids is 1. The van der Waals surface area contributed by atoms with E-state index in [1.54, 1.807) is 18.6 Å². The zero-order valence-electron chi connectivity index (χ0n) is 10.7. The summed E-state index contributed by atoms with van der Waals surface area (Å²) in [5, 5.41) is 13.9. The van der Waals surface area contributed by atoms with E-state index < -0.39 is 5.97 Å². The van der Waals surface area contributed by atoms with Gasteiger partial charge in [-0.1, -0.05) is 0 Å². The number of nitrogens with zero attached hydrogens (tertiary/aromatic N) is 4. The van der Waals surface area contributed by atoms with E-state index >= 15 is 0 Å². The number of hydrogen-bond acceptors (Lipinski definition) is 4. The van der Waals surface area contributed by atoms with Crippen molar-refractivity contribution in [2.24, 2.45) is 0 Å². The van der Waals surface area contributed by atoms with Crippen LogP contribution in [0.1, 0.15) is 10.5 Å². The van der Waals surface area contributed by atoms with Crippen LogP contribution in [0.25, 0.3) is 27.8 Å². The lowest BCUT2D eigenvalue weighted by molar-refractivity contribution is 0.0690. The molecule has 4 heterocycles. The number of H-pyrrole nitrogens is 1. The van der Waals surface area contributed by atoms with Crippen molar-refractivity contribution in [2.45, 2.75) is 0 Å². The summed E-state index contributed by atoms with van der Waals surface area (Å²) in [4.78, 5) is 22.5. The van der Waals surface area contributed by atoms with Gasteiger partial charge in [0, 0.05) is 41.8 Å². The fraction of sp³-hybridized carbons (Fsp3) is 0. The SMILES string of the molecule is O=C(O)c1cc2ncc(-c3ccnc4[nH]ccc34)cn2n1. The summed E-state index contributed by atoms with van der Waals surface area (Å²) in [6.07, 6.45) is 6.99. The maximum absolute atomic E-state index is 10.9. The molecule has 0 bridgehead atoms. The average Bonchev–Trinajstić information content (AvgIpc) is 3.12. The third kappa shape index (κ3) is 1.75. The van der Waals surface area contributed by atoms with Crippen LogP contribution in [0.15, 0.2) is 43.0 Å². The highest BCUT2D eigenvalue weighted by Gasteiger charge is 2.11. The predicted molar refractivity (Wildman–Crippen MR) is 75.0 cm³/mol. The van der Waals surface area contributed by atoms with Crippen LogP contribution in [0.5, 0.6) is 0 Å². The first-order valence-corrected chi connectivity index (χ1v) is 6.23. The number of hydrogen-bond donors (Lipinski definition) is 2. The van der Waals surface area contributed by atoms with Crippen molar-refractivity contribution in [2.75, 3.05) is 0 Å². The molecular formula is C14H9N5O2. The monoisotopic (exact) mass is 279 g/mol. The lowest BCUT2D eigenvalue weighted by atomic mass is 10.1. The zero-order chi connectivity index (χ0) is 14.4. The third-order valence-electron chi connectivity index (χ3n) is 3.30. The molecule has 0 saturated carbocycles. The second-order valence-corrected chi connectivity index (χ2v) is 4.58. The lowest BCUT2D eigenvalue weighted by Gasteiger charge is -2.03. The number of nitrogens with one attached hydrogen (secondary N) is 1. The van der Waals surface area contributed by atoms with Gasteiger partial charge in [-0.05, 0) is 17.7 Å². The Morgan fingerprint density at radius 1 is 1.29 bits per heavy atom. The second kappa shape index (κ2) is 4.14. The third-order valence-corrected chi connectivity index (χ3v) is 3.30. The number of carbonyl (C=O) groups is 1. The minimum Gasteiger partial charge on any atom is -0.476 e. The Balaban J connectivity index is 1.94. The summed E-state index contributed by atoms with van der Waals surface area (Å²) in [7, 11) is 0. The second-order valence-electron chi connectivity index (χ2n) is 4.58. The summed E-state index contributed by atoms with van der Waals surface area (Å²) < 4.78 is 1.47. The maximum Gasteiger partial charge on any atom is 0.356 e. The Morgan fingerprint density at radius 3 is 3.05 bits per heavy atom. The minimum atomic E-state index is -1.07. The number of aromatic amines is 1. The van der Waals surface area contributed by atoms with Crippen molar-refractivity contribution in [3.8, 4) is 11.1 Å². The zero-order valence-corrected chi connectivity index (χ0v) is 10.7. The summed E-state index contributed by atoms with van der Waals surface area (Å²) in [5.41, 5.74) is 3.06. The van der Waals surface area contributed by atoms with E-state index in [2.05, 4.69) is 20.1 Å². The van der Waals surface area contributed by atoms with Crippen LogP contribution < -0.4 is 0 Å². The first-order chi connectivity index (χ1) is 10.2. The molecule has 2 N–H and O–H groups in total. The van der Waals surface area contributed by atoms with E-state index in [9.17, 15) is 4.79 Å². The Bertz CT molecular complexity index is 985. The van der Waals surface area contributed by atoms with E-state index in [0.717, 1.165) is 22.2 Å². The van der Waals surface area contributed by atoms with Gasteiger partial charge in [-0.2, -0.15) is 5.10 Å². The van der Waals surface area contributed by atoms with Crippen molar-refractivity contribution < 1.29 is 9.90 Å². The van der Waals surface area contributed by atoms with E-state index in [4.69, 9.17) is 5.11 Å². The largest absolute Gasteiger partial charge is 0.476 e. The van der Waals surface area contributed by atoms with Crippen molar-refractivity contribution >= 4 is 22.6 Å². The molecule has 0 aliphatic rings. The van der Waals surface area contributed by atoms with Crippen LogP contribution in [0, 0.1) is 0 Å². The van der Waals surface area contributed by atoms with Crippen molar-refractivity contribution in [1.82, 2.24) is 24.6 Å². The first kappa shape index (κ1) is 11.6. The predicted octanol–water partition coefficient (Wildman–Crippen LogP) is 1.97. The molecule has 4 aromatic rings. The highest BCUT2D eigenvalue weighted by molar-refractivity contribution is 5.92. The number of rotatable bonds is 2. The lowest BCUT2D eigenvalue weighted by Crippen LogP contribution is -1.97. The Kier molecular flexibility index (Phi) is 2.28. The molecular weight excluding hydrogens is 270 g/mol. The van der Waals surface area contributed by atoms with E-state index in [1.807, 2.05) is 18.3 Å². The Morgan fingerprint density at radius 2 is 2.19 bits per heavy atom. The molecule has 102 valence electrons. The van der Waals surface area contributed by atoms with Crippen molar-refractivity contribution in [3.05, 3.63) is 48.7 Å². The van der Waals surface area contributed by atoms with Crippen LogP contribution in [0.3, 0.4) is 0 Å². The van der Waals surface area contributed by atoms with Gasteiger partial charge in [-0.25, -0.2) is 19.3 Å². The smallest absolute Gasteiger partial charge is 0.356 e. The van der Waals surface area contributed by atoms with Crippen LogP contribution in [-0.2, 0) is 0 Å². The minimum absolute atomic E-state index is 0.0267. The van der Waals surface area contributed by atoms with Gasteiger partial charge in [0.05, 0.1) is 0 Å². The molecule has 0 unspecified atom stereocenters. The van der Waals surface area contributed by atoms with Gasteiger partial charge in [0.25, 0.3) is 0 Å². The van der Waals surface area contributed by atoms with Crippen LogP contribution >= 0.6 is 0 Å². The molecule has 0 amide bonds. The number of aromatic nitrogens is 5. The molecule has 0 aromatic carbocycles. The normalized spacial score (nSPS) is 11.2. The summed E-state index contributed by atoms with van der Waals surface area (Å²) in [6.45, 7) is 0. The highest BCUT2D eigenvalue weighted by atomic mass is 16.4. The molecule has 0 fully saturated rings. The standard InChI is InChI=1S/C14H9N5O2/c20-14(21)11-5-12-17-6-8(7-19(12)18-11)9-1-3-15-13-10(9)2-4-16-13/h1-7H,(H,15,16)(H,20,21). The molecule has 0 saturated heterocycles. The van der Waals surface area contributed by atoms with Crippen molar-refractivity contribution in [3.63, 3.8) is 0 Å². The number of pyridine rings is 1. The number of fused-ring (bicyclic) bond motifs is 2. The number of aromatic carboxylic acids is 1. The van der Waals surface area contributed by atoms with Crippen LogP contribution in [-0.4, -0.2) is 35.6 Å². The van der Waals surface area contributed by atoms with Crippen LogP contribution in [0.2, 0.25) is 0 Å². The topological polar surface area (TPSA) is 96.2 Å². The molecule has 0 aliphatic heterocycles. The summed E-state index contributed by atoms with van der Waals surface area (Å²) in [5.74, 6) is -1.07. The van der Waals surface area contributed by atoms with Gasteiger partial charge >= 0.3 is 5.97 Å². The molecule has 0 aliphatic carbocycles. The fourth-order valence-corrected chi connectivity index (χ4v) is 2.33. The maximum atomic E-state index is 10.9. The van der Waals surface area contributed by atoms with Crippen LogP contribution in [0.4, 0.5) is 0 Å². The van der Waals surface area contributed by atoms with Gasteiger partial charge in [0.1, 0.15) is 5.65 Å². The fourth-order valence-electron chi connectivity index (χ4n) is 2.33. The highest BCUT2D eigenvalue weighted by Crippen LogP contribution is 2.26. The van der Waals surface area contributed by atoms with E-state index in [0.29, 0.717) is 5.65 Å². The van der Waals surface area contributed by atoms with Gasteiger partial charge < -0.3 is 10.1 Å². The molecule has 0 spiro atoms. The molecule has 0 radical (unpaired) electrons. The molecule has 7 nitrogen and oxygen atoms in total. The average molecular weight is 279 g/mol. The molecule has 7 heteroatoms.